The van der Waals surface area contributed by atoms with Gasteiger partial charge >= 0.3 is 5.97 Å². The minimum Gasteiger partial charge on any atom is -0.466 e. The summed E-state index contributed by atoms with van der Waals surface area (Å²) in [5.74, 6) is -2.65. The van der Waals surface area contributed by atoms with Crippen molar-refractivity contribution in [3.8, 4) is 0 Å². The Morgan fingerprint density at radius 2 is 2.06 bits per heavy atom. The maximum absolute atomic E-state index is 14.4. The second-order valence-electron chi connectivity index (χ2n) is 9.56. The zero-order chi connectivity index (χ0) is 24.8. The number of esters is 1. The summed E-state index contributed by atoms with van der Waals surface area (Å²) in [4.78, 5) is 44.1. The number of rotatable bonds is 8. The molecular formula is C26H34N2O6. The van der Waals surface area contributed by atoms with Gasteiger partial charge in [-0.25, -0.2) is 0 Å². The molecule has 1 N–H and O–H groups in total. The quantitative estimate of drug-likeness (QED) is 0.462. The third kappa shape index (κ3) is 3.46. The number of benzene rings is 1. The number of amides is 2. The van der Waals surface area contributed by atoms with E-state index in [0.717, 1.165) is 16.8 Å². The van der Waals surface area contributed by atoms with E-state index in [1.54, 1.807) is 24.8 Å². The highest BCUT2D eigenvalue weighted by molar-refractivity contribution is 6.05. The van der Waals surface area contributed by atoms with Crippen LogP contribution < -0.4 is 4.90 Å². The summed E-state index contributed by atoms with van der Waals surface area (Å²) < 4.78 is 11.7. The number of ether oxygens (including phenoxy) is 2. The smallest absolute Gasteiger partial charge is 0.312 e. The van der Waals surface area contributed by atoms with Crippen molar-refractivity contribution in [1.29, 1.82) is 0 Å². The molecule has 4 rings (SSSR count). The normalized spacial score (nSPS) is 30.3. The molecule has 3 saturated heterocycles. The molecule has 184 valence electrons. The first-order chi connectivity index (χ1) is 16.2. The fourth-order valence-electron chi connectivity index (χ4n) is 6.24. The average molecular weight is 471 g/mol. The summed E-state index contributed by atoms with van der Waals surface area (Å²) in [5, 5.41) is 9.98. The number of hydrogen-bond donors (Lipinski definition) is 1. The van der Waals surface area contributed by atoms with Gasteiger partial charge in [-0.15, -0.1) is 6.58 Å². The molecule has 0 aromatic heterocycles. The second-order valence-corrected chi connectivity index (χ2v) is 9.56. The van der Waals surface area contributed by atoms with E-state index in [2.05, 4.69) is 6.58 Å². The van der Waals surface area contributed by atoms with Crippen LogP contribution in [-0.2, 0) is 23.9 Å². The van der Waals surface area contributed by atoms with E-state index in [9.17, 15) is 19.5 Å². The number of fused-ring (bicyclic) bond motifs is 1. The lowest BCUT2D eigenvalue weighted by atomic mass is 9.70. The Labute approximate surface area is 200 Å². The monoisotopic (exact) mass is 470 g/mol. The number of para-hydroxylation sites is 1. The number of aryl methyl sites for hydroxylation is 2. The van der Waals surface area contributed by atoms with Gasteiger partial charge in [0.25, 0.3) is 5.91 Å². The Morgan fingerprint density at radius 3 is 2.65 bits per heavy atom. The molecule has 2 unspecified atom stereocenters. The van der Waals surface area contributed by atoms with E-state index >= 15 is 0 Å². The third-order valence-corrected chi connectivity index (χ3v) is 7.56. The molecule has 0 aliphatic carbocycles. The van der Waals surface area contributed by atoms with Crippen LogP contribution in [0.3, 0.4) is 0 Å². The van der Waals surface area contributed by atoms with E-state index in [1.165, 1.54) is 4.90 Å². The Kier molecular flexibility index (Phi) is 6.57. The standard InChI is InChI=1S/C26H34N2O6/c1-6-13-27(21-15(3)9-8-10-16(21)4)24(31)22-26-12-11-18(34-26)19(25(32)33-7-2)20(26)23(30)28(22)17(5)14-29/h6,8-10,17-20,22,29H,1,7,11-14H2,2-5H3/t17-,18-,19+,20+,22?,26?/m1/s1. The van der Waals surface area contributed by atoms with Gasteiger partial charge in [0.05, 0.1) is 37.2 Å². The number of carbonyl (C=O) groups excluding carboxylic acids is 3. The summed E-state index contributed by atoms with van der Waals surface area (Å²) in [5.41, 5.74) is 1.49. The molecule has 8 heteroatoms. The summed E-state index contributed by atoms with van der Waals surface area (Å²) in [7, 11) is 0. The Balaban J connectivity index is 1.83. The molecule has 3 aliphatic rings. The first-order valence-electron chi connectivity index (χ1n) is 12.0. The number of likely N-dealkylation sites (tertiary alicyclic amines) is 1. The van der Waals surface area contributed by atoms with Gasteiger partial charge in [-0.2, -0.15) is 0 Å². The summed E-state index contributed by atoms with van der Waals surface area (Å²) in [6, 6.07) is 4.24. The van der Waals surface area contributed by atoms with E-state index in [1.807, 2.05) is 32.0 Å². The third-order valence-electron chi connectivity index (χ3n) is 7.56. The Hall–Kier alpha value is -2.71. The number of hydrogen-bond acceptors (Lipinski definition) is 6. The van der Waals surface area contributed by atoms with Crippen LogP contribution >= 0.6 is 0 Å². The molecule has 1 aromatic carbocycles. The fraction of sp³-hybridized carbons (Fsp3) is 0.577. The van der Waals surface area contributed by atoms with Crippen molar-refractivity contribution >= 4 is 23.5 Å². The van der Waals surface area contributed by atoms with Crippen molar-refractivity contribution in [2.75, 3.05) is 24.7 Å². The van der Waals surface area contributed by atoms with E-state index in [0.29, 0.717) is 12.8 Å². The summed E-state index contributed by atoms with van der Waals surface area (Å²) >= 11 is 0. The van der Waals surface area contributed by atoms with Gasteiger partial charge in [-0.05, 0) is 51.7 Å². The van der Waals surface area contributed by atoms with Crippen molar-refractivity contribution in [2.45, 2.75) is 64.3 Å². The molecule has 3 fully saturated rings. The zero-order valence-corrected chi connectivity index (χ0v) is 20.3. The topological polar surface area (TPSA) is 96.4 Å². The van der Waals surface area contributed by atoms with Crippen LogP contribution in [-0.4, -0.2) is 71.3 Å². The molecule has 6 atom stereocenters. The van der Waals surface area contributed by atoms with Crippen LogP contribution in [0.2, 0.25) is 0 Å². The van der Waals surface area contributed by atoms with Crippen molar-refractivity contribution in [3.63, 3.8) is 0 Å². The van der Waals surface area contributed by atoms with Crippen LogP contribution in [0.15, 0.2) is 30.9 Å². The van der Waals surface area contributed by atoms with E-state index in [4.69, 9.17) is 9.47 Å². The van der Waals surface area contributed by atoms with Crippen LogP contribution in [0.25, 0.3) is 0 Å². The van der Waals surface area contributed by atoms with Gasteiger partial charge < -0.3 is 24.4 Å². The summed E-state index contributed by atoms with van der Waals surface area (Å²) in [6.45, 7) is 11.3. The molecule has 3 aliphatic heterocycles. The lowest BCUT2D eigenvalue weighted by Gasteiger charge is -2.39. The highest BCUT2D eigenvalue weighted by Crippen LogP contribution is 2.59. The number of aliphatic hydroxyl groups excluding tert-OH is 1. The lowest BCUT2D eigenvalue weighted by molar-refractivity contribution is -0.155. The second kappa shape index (κ2) is 9.15. The number of anilines is 1. The molecule has 0 radical (unpaired) electrons. The molecule has 8 nitrogen and oxygen atoms in total. The molecule has 3 heterocycles. The molecule has 34 heavy (non-hydrogen) atoms. The number of aliphatic hydroxyl groups is 1. The maximum atomic E-state index is 14.4. The average Bonchev–Trinajstić information content (AvgIpc) is 3.45. The van der Waals surface area contributed by atoms with Gasteiger partial charge in [0.2, 0.25) is 5.91 Å². The van der Waals surface area contributed by atoms with Crippen LogP contribution in [0.5, 0.6) is 0 Å². The van der Waals surface area contributed by atoms with E-state index < -0.39 is 41.6 Å². The zero-order valence-electron chi connectivity index (χ0n) is 20.3. The molecule has 2 amide bonds. The Bertz CT molecular complexity index is 989. The SMILES string of the molecule is C=CCN(C(=O)C1N([C@H](C)CO)C(=O)[C@@H]2[C@@H](C(=O)OCC)[C@H]3CCC12O3)c1c(C)cccc1C. The highest BCUT2D eigenvalue weighted by Gasteiger charge is 2.75. The van der Waals surface area contributed by atoms with Crippen molar-refractivity contribution in [1.82, 2.24) is 4.90 Å². The predicted octanol–water partition coefficient (Wildman–Crippen LogP) is 2.14. The first kappa shape index (κ1) is 24.4. The van der Waals surface area contributed by atoms with Crippen molar-refractivity contribution < 1.29 is 29.0 Å². The van der Waals surface area contributed by atoms with Gasteiger partial charge in [0.1, 0.15) is 11.6 Å². The fourth-order valence-corrected chi connectivity index (χ4v) is 6.24. The summed E-state index contributed by atoms with van der Waals surface area (Å²) in [6.07, 6.45) is 2.26. The van der Waals surface area contributed by atoms with Crippen LogP contribution in [0.4, 0.5) is 5.69 Å². The van der Waals surface area contributed by atoms with Crippen LogP contribution in [0, 0.1) is 25.7 Å². The van der Waals surface area contributed by atoms with Gasteiger partial charge in [-0.3, -0.25) is 14.4 Å². The van der Waals surface area contributed by atoms with Crippen molar-refractivity contribution in [2.24, 2.45) is 11.8 Å². The van der Waals surface area contributed by atoms with Gasteiger partial charge in [-0.1, -0.05) is 24.3 Å². The minimum absolute atomic E-state index is 0.203. The molecule has 2 bridgehead atoms. The Morgan fingerprint density at radius 1 is 1.38 bits per heavy atom. The largest absolute Gasteiger partial charge is 0.466 e. The molecule has 0 saturated carbocycles. The lowest BCUT2D eigenvalue weighted by Crippen LogP contribution is -2.58. The predicted molar refractivity (Wildman–Crippen MR) is 126 cm³/mol. The maximum Gasteiger partial charge on any atom is 0.312 e. The van der Waals surface area contributed by atoms with Gasteiger partial charge in [0, 0.05) is 12.2 Å². The first-order valence-corrected chi connectivity index (χ1v) is 12.0. The van der Waals surface area contributed by atoms with E-state index in [-0.39, 0.29) is 31.6 Å². The molecule has 1 aromatic rings. The van der Waals surface area contributed by atoms with Crippen LogP contribution in [0.1, 0.15) is 37.8 Å². The number of carbonyl (C=O) groups is 3. The molecular weight excluding hydrogens is 436 g/mol. The van der Waals surface area contributed by atoms with Crippen molar-refractivity contribution in [3.05, 3.63) is 42.0 Å². The number of nitrogens with zero attached hydrogens (tertiary/aromatic N) is 2. The van der Waals surface area contributed by atoms with Gasteiger partial charge in [0.15, 0.2) is 0 Å². The highest BCUT2D eigenvalue weighted by atomic mass is 16.6. The molecule has 1 spiro atoms. The minimum atomic E-state index is -1.13.